The molecular formula is C14H22N4O4S2. The Morgan fingerprint density at radius 3 is 2.88 bits per heavy atom. The van der Waals surface area contributed by atoms with E-state index in [1.807, 2.05) is 21.0 Å². The van der Waals surface area contributed by atoms with E-state index >= 15 is 0 Å². The van der Waals surface area contributed by atoms with Gasteiger partial charge in [0.15, 0.2) is 0 Å². The van der Waals surface area contributed by atoms with Crippen LogP contribution in [0.15, 0.2) is 19.9 Å². The summed E-state index contributed by atoms with van der Waals surface area (Å²) in [5.74, 6) is 3.54. The van der Waals surface area contributed by atoms with Crippen LogP contribution in [0.3, 0.4) is 0 Å². The molecule has 2 heterocycles. The van der Waals surface area contributed by atoms with E-state index < -0.39 is 10.2 Å². The van der Waals surface area contributed by atoms with Crippen LogP contribution in [0.5, 0.6) is 0 Å². The molecule has 24 heavy (non-hydrogen) atoms. The second kappa shape index (κ2) is 8.04. The third kappa shape index (κ3) is 5.25. The highest BCUT2D eigenvalue weighted by Gasteiger charge is 2.26. The van der Waals surface area contributed by atoms with Crippen molar-refractivity contribution < 1.29 is 17.6 Å². The Labute approximate surface area is 146 Å². The molecule has 0 saturated carbocycles. The van der Waals surface area contributed by atoms with Crippen molar-refractivity contribution in [2.75, 3.05) is 33.5 Å². The van der Waals surface area contributed by atoms with Gasteiger partial charge >= 0.3 is 10.2 Å². The van der Waals surface area contributed by atoms with Crippen molar-refractivity contribution in [3.05, 3.63) is 23.2 Å². The number of hydrogen-bond acceptors (Lipinski definition) is 7. The van der Waals surface area contributed by atoms with Crippen LogP contribution < -0.4 is 4.72 Å². The molecule has 0 saturated heterocycles. The van der Waals surface area contributed by atoms with Gasteiger partial charge < -0.3 is 14.1 Å². The third-order valence-electron chi connectivity index (χ3n) is 3.11. The zero-order chi connectivity index (χ0) is 17.7. The number of hydrogen-bond donors (Lipinski definition) is 1. The van der Waals surface area contributed by atoms with Gasteiger partial charge in [0.1, 0.15) is 11.5 Å². The molecule has 8 nitrogen and oxygen atoms in total. The predicted molar refractivity (Wildman–Crippen MR) is 95.8 cm³/mol. The van der Waals surface area contributed by atoms with Gasteiger partial charge in [-0.15, -0.1) is 4.40 Å². The van der Waals surface area contributed by atoms with Crippen molar-refractivity contribution in [3.8, 4) is 0 Å². The second-order valence-electron chi connectivity index (χ2n) is 5.52. The maximum Gasteiger partial charge on any atom is 0.347 e. The van der Waals surface area contributed by atoms with Crippen molar-refractivity contribution >= 4 is 33.7 Å². The molecule has 1 aliphatic rings. The standard InChI is InChI=1S/C14H22N4O4S2/c1-10-7-11(22-12(10)8-18(2)3)9-23-6-5-15-13-14(21-4)17-24(19,20)16-13/h7H,5-6,8-9H2,1-4H3,(H,15,16). The number of nitrogens with one attached hydrogen (secondary N) is 1. The number of nitrogens with zero attached hydrogens (tertiary/aromatic N) is 3. The van der Waals surface area contributed by atoms with Gasteiger partial charge in [-0.2, -0.15) is 20.2 Å². The van der Waals surface area contributed by atoms with Gasteiger partial charge in [-0.05, 0) is 32.6 Å². The molecular weight excluding hydrogens is 352 g/mol. The maximum absolute atomic E-state index is 11.3. The largest absolute Gasteiger partial charge is 0.478 e. The summed E-state index contributed by atoms with van der Waals surface area (Å²) in [6.45, 7) is 3.28. The van der Waals surface area contributed by atoms with Crippen molar-refractivity contribution in [1.29, 1.82) is 0 Å². The van der Waals surface area contributed by atoms with Gasteiger partial charge in [-0.25, -0.2) is 4.72 Å². The summed E-state index contributed by atoms with van der Waals surface area (Å²) < 4.78 is 39.0. The van der Waals surface area contributed by atoms with Crippen molar-refractivity contribution in [2.24, 2.45) is 9.39 Å². The topological polar surface area (TPSA) is 96.5 Å². The smallest absolute Gasteiger partial charge is 0.347 e. The zero-order valence-electron chi connectivity index (χ0n) is 14.2. The quantitative estimate of drug-likeness (QED) is 0.720. The molecule has 0 aliphatic carbocycles. The fraction of sp³-hybridized carbons (Fsp3) is 0.571. The second-order valence-corrected chi connectivity index (χ2v) is 7.96. The van der Waals surface area contributed by atoms with Crippen LogP contribution in [0.1, 0.15) is 17.1 Å². The van der Waals surface area contributed by atoms with Gasteiger partial charge in [0, 0.05) is 5.75 Å². The summed E-state index contributed by atoms with van der Waals surface area (Å²) in [6.07, 6.45) is 0. The number of furan rings is 1. The molecule has 0 atom stereocenters. The van der Waals surface area contributed by atoms with Crippen LogP contribution in [0.2, 0.25) is 0 Å². The first kappa shape index (κ1) is 18.8. The molecule has 0 aromatic carbocycles. The lowest BCUT2D eigenvalue weighted by molar-refractivity contribution is 0.343. The highest BCUT2D eigenvalue weighted by atomic mass is 32.2. The SMILES string of the molecule is COC1=NS(=O)(=O)NC1=NCCSCc1cc(C)c(CN(C)C)o1. The average molecular weight is 374 g/mol. The summed E-state index contributed by atoms with van der Waals surface area (Å²) in [4.78, 5) is 6.24. The number of methoxy groups -OCH3 is 1. The Hall–Kier alpha value is -1.52. The lowest BCUT2D eigenvalue weighted by atomic mass is 10.2. The van der Waals surface area contributed by atoms with Gasteiger partial charge in [-0.1, -0.05) is 0 Å². The molecule has 0 bridgehead atoms. The molecule has 1 aromatic rings. The van der Waals surface area contributed by atoms with Gasteiger partial charge in [0.05, 0.1) is 26.0 Å². The van der Waals surface area contributed by atoms with E-state index in [-0.39, 0.29) is 11.7 Å². The zero-order valence-corrected chi connectivity index (χ0v) is 15.8. The number of rotatable bonds is 7. The summed E-state index contributed by atoms with van der Waals surface area (Å²) in [6, 6.07) is 2.05. The molecule has 134 valence electrons. The van der Waals surface area contributed by atoms with E-state index in [1.54, 1.807) is 11.8 Å². The maximum atomic E-state index is 11.3. The lowest BCUT2D eigenvalue weighted by Crippen LogP contribution is -2.27. The van der Waals surface area contributed by atoms with E-state index in [1.165, 1.54) is 7.11 Å². The first-order valence-corrected chi connectivity index (χ1v) is 9.92. The number of aliphatic imine (C=N–C) groups is 1. The Bertz CT molecular complexity index is 738. The van der Waals surface area contributed by atoms with E-state index in [9.17, 15) is 8.42 Å². The monoisotopic (exact) mass is 374 g/mol. The van der Waals surface area contributed by atoms with Gasteiger partial charge in [0.2, 0.25) is 5.84 Å². The minimum atomic E-state index is -3.70. The molecule has 0 fully saturated rings. The molecule has 1 aromatic heterocycles. The molecule has 2 rings (SSSR count). The third-order valence-corrected chi connectivity index (χ3v) is 4.92. The molecule has 1 aliphatic heterocycles. The Balaban J connectivity index is 1.80. The number of amidine groups is 1. The van der Waals surface area contributed by atoms with Gasteiger partial charge in [-0.3, -0.25) is 4.99 Å². The van der Waals surface area contributed by atoms with E-state index in [4.69, 9.17) is 9.15 Å². The van der Waals surface area contributed by atoms with Crippen molar-refractivity contribution in [1.82, 2.24) is 9.62 Å². The minimum Gasteiger partial charge on any atom is -0.478 e. The highest BCUT2D eigenvalue weighted by molar-refractivity contribution is 7.98. The van der Waals surface area contributed by atoms with Crippen LogP contribution in [0.4, 0.5) is 0 Å². The van der Waals surface area contributed by atoms with Crippen LogP contribution in [0, 0.1) is 6.92 Å². The average Bonchev–Trinajstić information content (AvgIpc) is 2.97. The van der Waals surface area contributed by atoms with Crippen LogP contribution in [-0.2, 0) is 27.2 Å². The summed E-state index contributed by atoms with van der Waals surface area (Å²) in [5.41, 5.74) is 1.15. The van der Waals surface area contributed by atoms with Crippen LogP contribution in [-0.4, -0.2) is 58.6 Å². The predicted octanol–water partition coefficient (Wildman–Crippen LogP) is 1.17. The fourth-order valence-electron chi connectivity index (χ4n) is 2.08. The first-order chi connectivity index (χ1) is 11.3. The van der Waals surface area contributed by atoms with Crippen molar-refractivity contribution in [2.45, 2.75) is 19.2 Å². The molecule has 0 unspecified atom stereocenters. The van der Waals surface area contributed by atoms with E-state index in [2.05, 4.69) is 25.1 Å². The fourth-order valence-corrected chi connectivity index (χ4v) is 3.60. The first-order valence-electron chi connectivity index (χ1n) is 7.33. The van der Waals surface area contributed by atoms with Crippen LogP contribution in [0.25, 0.3) is 0 Å². The summed E-state index contributed by atoms with van der Waals surface area (Å²) in [5, 5.41) is 0. The van der Waals surface area contributed by atoms with Crippen molar-refractivity contribution in [3.63, 3.8) is 0 Å². The van der Waals surface area contributed by atoms with Crippen LogP contribution >= 0.6 is 11.8 Å². The number of aryl methyl sites for hydroxylation is 1. The Kier molecular flexibility index (Phi) is 6.30. The molecule has 10 heteroatoms. The molecule has 1 N–H and O–H groups in total. The lowest BCUT2D eigenvalue weighted by Gasteiger charge is -2.07. The van der Waals surface area contributed by atoms with E-state index in [0.29, 0.717) is 6.54 Å². The molecule has 0 amide bonds. The summed E-state index contributed by atoms with van der Waals surface area (Å²) >= 11 is 1.67. The van der Waals surface area contributed by atoms with Gasteiger partial charge in [0.25, 0.3) is 5.90 Å². The molecule has 0 radical (unpaired) electrons. The summed E-state index contributed by atoms with van der Waals surface area (Å²) in [7, 11) is 1.67. The molecule has 0 spiro atoms. The Morgan fingerprint density at radius 2 is 2.21 bits per heavy atom. The Morgan fingerprint density at radius 1 is 1.46 bits per heavy atom. The normalized spacial score (nSPS) is 18.0. The number of thioether (sulfide) groups is 1. The number of ether oxygens (including phenoxy) is 1. The minimum absolute atomic E-state index is 0.00464. The highest BCUT2D eigenvalue weighted by Crippen LogP contribution is 2.20. The van der Waals surface area contributed by atoms with E-state index in [0.717, 1.165) is 35.1 Å².